The van der Waals surface area contributed by atoms with E-state index in [0.29, 0.717) is 25.4 Å². The van der Waals surface area contributed by atoms with Crippen molar-refractivity contribution in [3.63, 3.8) is 0 Å². The van der Waals surface area contributed by atoms with Crippen molar-refractivity contribution in [3.05, 3.63) is 59.7 Å². The van der Waals surface area contributed by atoms with Gasteiger partial charge in [0.15, 0.2) is 0 Å². The zero-order chi connectivity index (χ0) is 17.2. The monoisotopic (exact) mass is 347 g/mol. The lowest BCUT2D eigenvalue weighted by atomic mass is 10.1. The molecule has 1 aliphatic heterocycles. The minimum absolute atomic E-state index is 0.242. The summed E-state index contributed by atoms with van der Waals surface area (Å²) in [6.07, 6.45) is -0.242. The lowest BCUT2D eigenvalue weighted by Gasteiger charge is -2.32. The molecule has 0 saturated carbocycles. The molecule has 1 unspecified atom stereocenters. The van der Waals surface area contributed by atoms with Gasteiger partial charge < -0.3 is 9.47 Å². The van der Waals surface area contributed by atoms with E-state index in [9.17, 15) is 8.42 Å². The molecule has 6 heteroatoms. The molecule has 1 atom stereocenters. The molecule has 0 N–H and O–H groups in total. The van der Waals surface area contributed by atoms with Crippen molar-refractivity contribution in [1.82, 2.24) is 4.31 Å². The number of hydrogen-bond donors (Lipinski definition) is 0. The maximum Gasteiger partial charge on any atom is 0.243 e. The minimum Gasteiger partial charge on any atom is -0.496 e. The lowest BCUT2D eigenvalue weighted by Crippen LogP contribution is -2.42. The van der Waals surface area contributed by atoms with Crippen molar-refractivity contribution < 1.29 is 17.9 Å². The smallest absolute Gasteiger partial charge is 0.243 e. The summed E-state index contributed by atoms with van der Waals surface area (Å²) in [7, 11) is -1.98. The second-order valence-electron chi connectivity index (χ2n) is 5.76. The first-order valence-corrected chi connectivity index (χ1v) is 9.27. The molecule has 1 heterocycles. The van der Waals surface area contributed by atoms with Gasteiger partial charge in [-0.25, -0.2) is 8.42 Å². The summed E-state index contributed by atoms with van der Waals surface area (Å²) in [5.41, 5.74) is 1.79. The lowest BCUT2D eigenvalue weighted by molar-refractivity contribution is -0.00255. The number of nitrogens with zero attached hydrogens (tertiary/aromatic N) is 1. The van der Waals surface area contributed by atoms with Gasteiger partial charge in [-0.1, -0.05) is 30.3 Å². The van der Waals surface area contributed by atoms with Gasteiger partial charge in [-0.3, -0.25) is 0 Å². The second-order valence-corrected chi connectivity index (χ2v) is 7.70. The van der Waals surface area contributed by atoms with Crippen LogP contribution in [-0.4, -0.2) is 39.5 Å². The summed E-state index contributed by atoms with van der Waals surface area (Å²) in [6.45, 7) is 2.89. The van der Waals surface area contributed by atoms with E-state index in [2.05, 4.69) is 0 Å². The van der Waals surface area contributed by atoms with E-state index in [1.807, 2.05) is 37.3 Å². The Bertz CT molecular complexity index is 805. The molecule has 0 spiro atoms. The summed E-state index contributed by atoms with van der Waals surface area (Å²) in [6, 6.07) is 14.6. The summed E-state index contributed by atoms with van der Waals surface area (Å²) in [5, 5.41) is 0. The van der Waals surface area contributed by atoms with Gasteiger partial charge in [-0.2, -0.15) is 4.31 Å². The Hall–Kier alpha value is -1.89. The fourth-order valence-electron chi connectivity index (χ4n) is 2.87. The Balaban J connectivity index is 1.85. The molecule has 5 nitrogen and oxygen atoms in total. The molecule has 0 bridgehead atoms. The number of rotatable bonds is 4. The maximum atomic E-state index is 12.9. The van der Waals surface area contributed by atoms with Crippen LogP contribution in [0.5, 0.6) is 5.75 Å². The third-order valence-electron chi connectivity index (χ3n) is 4.20. The number of benzene rings is 2. The Morgan fingerprint density at radius 3 is 2.58 bits per heavy atom. The molecular formula is C18H21NO4S. The fourth-order valence-corrected chi connectivity index (χ4v) is 4.38. The number of ether oxygens (including phenoxy) is 2. The summed E-state index contributed by atoms with van der Waals surface area (Å²) in [4.78, 5) is 0.287. The SMILES string of the molecule is COc1ccc(S(=O)(=O)N2CCOC(c3ccccc3)C2)cc1C. The van der Waals surface area contributed by atoms with Crippen molar-refractivity contribution in [3.8, 4) is 5.75 Å². The highest BCUT2D eigenvalue weighted by Crippen LogP contribution is 2.28. The van der Waals surface area contributed by atoms with E-state index < -0.39 is 10.0 Å². The van der Waals surface area contributed by atoms with E-state index in [-0.39, 0.29) is 11.0 Å². The van der Waals surface area contributed by atoms with E-state index in [1.165, 1.54) is 4.31 Å². The molecule has 24 heavy (non-hydrogen) atoms. The van der Waals surface area contributed by atoms with Crippen LogP contribution in [-0.2, 0) is 14.8 Å². The molecule has 1 saturated heterocycles. The molecule has 3 rings (SSSR count). The van der Waals surface area contributed by atoms with Crippen LogP contribution in [0.15, 0.2) is 53.4 Å². The first-order valence-electron chi connectivity index (χ1n) is 7.83. The Kier molecular flexibility index (Phi) is 4.89. The molecule has 1 fully saturated rings. The van der Waals surface area contributed by atoms with E-state index >= 15 is 0 Å². The van der Waals surface area contributed by atoms with Crippen molar-refractivity contribution in [2.45, 2.75) is 17.9 Å². The van der Waals surface area contributed by atoms with Gasteiger partial charge in [0.2, 0.25) is 10.0 Å². The topological polar surface area (TPSA) is 55.8 Å². The quantitative estimate of drug-likeness (QED) is 0.853. The number of methoxy groups -OCH3 is 1. The average Bonchev–Trinajstić information content (AvgIpc) is 2.62. The van der Waals surface area contributed by atoms with Gasteiger partial charge in [0.25, 0.3) is 0 Å². The second kappa shape index (κ2) is 6.93. The van der Waals surface area contributed by atoms with Crippen molar-refractivity contribution >= 4 is 10.0 Å². The largest absolute Gasteiger partial charge is 0.496 e. The number of aryl methyl sites for hydroxylation is 1. The zero-order valence-electron chi connectivity index (χ0n) is 13.8. The number of morpholine rings is 1. The van der Waals surface area contributed by atoms with Crippen LogP contribution < -0.4 is 4.74 Å². The van der Waals surface area contributed by atoms with Crippen LogP contribution in [0.4, 0.5) is 0 Å². The highest BCUT2D eigenvalue weighted by molar-refractivity contribution is 7.89. The minimum atomic E-state index is -3.55. The van der Waals surface area contributed by atoms with Crippen LogP contribution >= 0.6 is 0 Å². The summed E-state index contributed by atoms with van der Waals surface area (Å²) in [5.74, 6) is 0.679. The molecule has 1 aliphatic rings. The standard InChI is InChI=1S/C18H21NO4S/c1-14-12-16(8-9-17(14)22-2)24(20,21)19-10-11-23-18(13-19)15-6-4-3-5-7-15/h3-9,12,18H,10-11,13H2,1-2H3. The van der Waals surface area contributed by atoms with Gasteiger partial charge in [-0.05, 0) is 36.2 Å². The third-order valence-corrected chi connectivity index (χ3v) is 6.07. The first-order chi connectivity index (χ1) is 11.5. The van der Waals surface area contributed by atoms with Gasteiger partial charge in [0.1, 0.15) is 5.75 Å². The molecule has 2 aromatic rings. The Morgan fingerprint density at radius 2 is 1.92 bits per heavy atom. The van der Waals surface area contributed by atoms with Gasteiger partial charge in [0, 0.05) is 13.1 Å². The zero-order valence-corrected chi connectivity index (χ0v) is 14.6. The van der Waals surface area contributed by atoms with Crippen LogP contribution in [0.25, 0.3) is 0 Å². The molecule has 2 aromatic carbocycles. The molecule has 0 radical (unpaired) electrons. The molecular weight excluding hydrogens is 326 g/mol. The normalized spacial score (nSPS) is 19.2. The van der Waals surface area contributed by atoms with E-state index in [4.69, 9.17) is 9.47 Å². The van der Waals surface area contributed by atoms with Crippen LogP contribution in [0, 0.1) is 6.92 Å². The summed E-state index contributed by atoms with van der Waals surface area (Å²) >= 11 is 0. The van der Waals surface area contributed by atoms with Gasteiger partial charge in [0.05, 0.1) is 24.7 Å². The average molecular weight is 347 g/mol. The fraction of sp³-hybridized carbons (Fsp3) is 0.333. The van der Waals surface area contributed by atoms with Crippen LogP contribution in [0.3, 0.4) is 0 Å². The predicted molar refractivity (Wildman–Crippen MR) is 91.6 cm³/mol. The highest BCUT2D eigenvalue weighted by Gasteiger charge is 2.31. The number of hydrogen-bond acceptors (Lipinski definition) is 4. The highest BCUT2D eigenvalue weighted by atomic mass is 32.2. The molecule has 0 amide bonds. The maximum absolute atomic E-state index is 12.9. The van der Waals surface area contributed by atoms with Crippen molar-refractivity contribution in [2.75, 3.05) is 26.8 Å². The Labute approximate surface area is 142 Å². The molecule has 128 valence electrons. The van der Waals surface area contributed by atoms with E-state index in [1.54, 1.807) is 25.3 Å². The first kappa shape index (κ1) is 17.0. The predicted octanol–water partition coefficient (Wildman–Crippen LogP) is 2.77. The third kappa shape index (κ3) is 3.31. The Morgan fingerprint density at radius 1 is 1.17 bits per heavy atom. The van der Waals surface area contributed by atoms with Gasteiger partial charge in [-0.15, -0.1) is 0 Å². The summed E-state index contributed by atoms with van der Waals surface area (Å²) < 4.78 is 38.4. The van der Waals surface area contributed by atoms with Crippen molar-refractivity contribution in [2.24, 2.45) is 0 Å². The van der Waals surface area contributed by atoms with Crippen LogP contribution in [0.1, 0.15) is 17.2 Å². The van der Waals surface area contributed by atoms with E-state index in [0.717, 1.165) is 11.1 Å². The molecule has 0 aromatic heterocycles. The molecule has 0 aliphatic carbocycles. The van der Waals surface area contributed by atoms with Crippen molar-refractivity contribution in [1.29, 1.82) is 0 Å². The number of sulfonamides is 1. The van der Waals surface area contributed by atoms with Crippen LogP contribution in [0.2, 0.25) is 0 Å². The van der Waals surface area contributed by atoms with Gasteiger partial charge >= 0.3 is 0 Å².